The molecule has 9 heavy (non-hydrogen) atoms. The standard InChI is InChI=1S/C4H7NO4/c5-2(4(8)9)1-3(6)7/h2H,1,5H2,(H,6,7)(H,8,9)/p-1/t2-/m1/s1. The van der Waals surface area contributed by atoms with Crippen LogP contribution in [0.1, 0.15) is 6.42 Å². The first-order chi connectivity index (χ1) is 4.04. The SMILES string of the molecule is [NH3+][C@H](CC(=O)[O-])C(=O)[O-]. The van der Waals surface area contributed by atoms with E-state index in [-0.39, 0.29) is 0 Å². The quantitative estimate of drug-likeness (QED) is 0.417. The van der Waals surface area contributed by atoms with Gasteiger partial charge in [-0.15, -0.1) is 0 Å². The Hall–Kier alpha value is -1.10. The summed E-state index contributed by atoms with van der Waals surface area (Å²) in [4.78, 5) is 19.4. The minimum Gasteiger partial charge on any atom is -0.550 e. The van der Waals surface area contributed by atoms with Crippen LogP contribution in [0, 0.1) is 0 Å². The number of carbonyl (C=O) groups is 2. The van der Waals surface area contributed by atoms with Crippen LogP contribution in [0.25, 0.3) is 0 Å². The van der Waals surface area contributed by atoms with Crippen molar-refractivity contribution in [1.82, 2.24) is 0 Å². The molecule has 5 heteroatoms. The molecule has 0 spiro atoms. The maximum absolute atomic E-state index is 9.77. The molecule has 52 valence electrons. The fourth-order valence-electron chi connectivity index (χ4n) is 0.285. The van der Waals surface area contributed by atoms with Gasteiger partial charge in [-0.05, 0) is 0 Å². The van der Waals surface area contributed by atoms with Crippen LogP contribution in [0.5, 0.6) is 0 Å². The van der Waals surface area contributed by atoms with E-state index >= 15 is 0 Å². The summed E-state index contributed by atoms with van der Waals surface area (Å²) in [6.45, 7) is 0. The van der Waals surface area contributed by atoms with Crippen LogP contribution in [-0.4, -0.2) is 18.0 Å². The Labute approximate surface area is 51.1 Å². The van der Waals surface area contributed by atoms with Crippen molar-refractivity contribution in [3.05, 3.63) is 0 Å². The second-order valence-electron chi connectivity index (χ2n) is 1.59. The molecule has 0 unspecified atom stereocenters. The van der Waals surface area contributed by atoms with Crippen molar-refractivity contribution >= 4 is 11.9 Å². The third kappa shape index (κ3) is 3.48. The minimum atomic E-state index is -1.47. The molecular weight excluding hydrogens is 126 g/mol. The van der Waals surface area contributed by atoms with Crippen LogP contribution < -0.4 is 15.9 Å². The van der Waals surface area contributed by atoms with Crippen molar-refractivity contribution in [2.75, 3.05) is 0 Å². The molecule has 0 aliphatic rings. The molecule has 0 saturated heterocycles. The van der Waals surface area contributed by atoms with E-state index in [1.54, 1.807) is 0 Å². The van der Waals surface area contributed by atoms with Crippen LogP contribution >= 0.6 is 0 Å². The molecule has 0 fully saturated rings. The average molecular weight is 132 g/mol. The zero-order valence-electron chi connectivity index (χ0n) is 4.62. The van der Waals surface area contributed by atoms with E-state index < -0.39 is 24.4 Å². The third-order valence-corrected chi connectivity index (χ3v) is 0.746. The molecule has 0 aromatic rings. The molecule has 1 atom stereocenters. The Bertz CT molecular complexity index is 133. The molecule has 0 amide bonds. The van der Waals surface area contributed by atoms with E-state index in [1.165, 1.54) is 0 Å². The van der Waals surface area contributed by atoms with Crippen molar-refractivity contribution in [3.63, 3.8) is 0 Å². The van der Waals surface area contributed by atoms with Gasteiger partial charge in [0.2, 0.25) is 0 Å². The lowest BCUT2D eigenvalue weighted by Crippen LogP contribution is -2.69. The van der Waals surface area contributed by atoms with Gasteiger partial charge >= 0.3 is 0 Å². The van der Waals surface area contributed by atoms with E-state index in [2.05, 4.69) is 5.73 Å². The number of quaternary nitrogens is 1. The molecule has 0 heterocycles. The highest BCUT2D eigenvalue weighted by Gasteiger charge is 2.05. The van der Waals surface area contributed by atoms with Gasteiger partial charge < -0.3 is 25.5 Å². The number of hydrogen-bond donors (Lipinski definition) is 1. The summed E-state index contributed by atoms with van der Waals surface area (Å²) in [5.41, 5.74) is 2.99. The molecule has 0 radical (unpaired) electrons. The Kier molecular flexibility index (Phi) is 2.66. The number of carbonyl (C=O) groups excluding carboxylic acids is 2. The van der Waals surface area contributed by atoms with Crippen molar-refractivity contribution < 1.29 is 25.5 Å². The van der Waals surface area contributed by atoms with Crippen LogP contribution in [0.3, 0.4) is 0 Å². The fraction of sp³-hybridized carbons (Fsp3) is 0.500. The van der Waals surface area contributed by atoms with Crippen LogP contribution in [0.2, 0.25) is 0 Å². The molecule has 0 aromatic heterocycles. The van der Waals surface area contributed by atoms with E-state index in [0.717, 1.165) is 0 Å². The zero-order valence-corrected chi connectivity index (χ0v) is 4.62. The van der Waals surface area contributed by atoms with Crippen LogP contribution in [0.15, 0.2) is 0 Å². The summed E-state index contributed by atoms with van der Waals surface area (Å²) >= 11 is 0. The molecule has 5 nitrogen and oxygen atoms in total. The van der Waals surface area contributed by atoms with Gasteiger partial charge in [0.15, 0.2) is 0 Å². The normalized spacial score (nSPS) is 12.6. The molecule has 0 bridgehead atoms. The smallest absolute Gasteiger partial charge is 0.130 e. The summed E-state index contributed by atoms with van der Waals surface area (Å²) in [5.74, 6) is -2.90. The monoisotopic (exact) mass is 132 g/mol. The van der Waals surface area contributed by atoms with Gasteiger partial charge in [0.1, 0.15) is 6.04 Å². The fourth-order valence-corrected chi connectivity index (χ4v) is 0.285. The maximum atomic E-state index is 9.77. The summed E-state index contributed by atoms with van der Waals surface area (Å²) in [6.07, 6.45) is -0.595. The lowest BCUT2D eigenvalue weighted by atomic mass is 10.2. The van der Waals surface area contributed by atoms with E-state index in [1.807, 2.05) is 0 Å². The molecule has 0 aliphatic heterocycles. The molecule has 0 aliphatic carbocycles. The van der Waals surface area contributed by atoms with Crippen LogP contribution in [-0.2, 0) is 9.59 Å². The first-order valence-electron chi connectivity index (χ1n) is 2.28. The number of carboxylic acids is 2. The Morgan fingerprint density at radius 1 is 1.44 bits per heavy atom. The lowest BCUT2D eigenvalue weighted by Gasteiger charge is -2.08. The summed E-state index contributed by atoms with van der Waals surface area (Å²) in [5, 5.41) is 19.4. The van der Waals surface area contributed by atoms with Gasteiger partial charge in [0, 0.05) is 12.4 Å². The van der Waals surface area contributed by atoms with Crippen molar-refractivity contribution in [2.24, 2.45) is 0 Å². The largest absolute Gasteiger partial charge is 0.550 e. The number of aliphatic carboxylic acids is 2. The highest BCUT2D eigenvalue weighted by Crippen LogP contribution is 1.78. The third-order valence-electron chi connectivity index (χ3n) is 0.746. The lowest BCUT2D eigenvalue weighted by molar-refractivity contribution is -0.440. The van der Waals surface area contributed by atoms with E-state index in [4.69, 9.17) is 0 Å². The molecular formula is C4H6NO4-. The number of rotatable bonds is 3. The highest BCUT2D eigenvalue weighted by atomic mass is 16.4. The van der Waals surface area contributed by atoms with Gasteiger partial charge in [-0.25, -0.2) is 0 Å². The minimum absolute atomic E-state index is 0.595. The topological polar surface area (TPSA) is 108 Å². The van der Waals surface area contributed by atoms with E-state index in [0.29, 0.717) is 0 Å². The van der Waals surface area contributed by atoms with E-state index in [9.17, 15) is 19.8 Å². The van der Waals surface area contributed by atoms with Crippen LogP contribution in [0.4, 0.5) is 0 Å². The van der Waals surface area contributed by atoms with Crippen molar-refractivity contribution in [2.45, 2.75) is 12.5 Å². The average Bonchev–Trinajstić information content (AvgIpc) is 1.63. The molecule has 0 aromatic carbocycles. The first-order valence-corrected chi connectivity index (χ1v) is 2.28. The molecule has 0 rings (SSSR count). The van der Waals surface area contributed by atoms with Crippen molar-refractivity contribution in [1.29, 1.82) is 0 Å². The summed E-state index contributed by atoms with van der Waals surface area (Å²) in [7, 11) is 0. The van der Waals surface area contributed by atoms with Gasteiger partial charge in [-0.2, -0.15) is 0 Å². The Balaban J connectivity index is 3.63. The van der Waals surface area contributed by atoms with Gasteiger partial charge in [0.05, 0.1) is 5.97 Å². The van der Waals surface area contributed by atoms with Gasteiger partial charge in [-0.3, -0.25) is 0 Å². The zero-order chi connectivity index (χ0) is 7.44. The predicted molar refractivity (Wildman–Crippen MR) is 21.3 cm³/mol. The maximum Gasteiger partial charge on any atom is 0.130 e. The second-order valence-corrected chi connectivity index (χ2v) is 1.59. The summed E-state index contributed by atoms with van der Waals surface area (Å²) in [6, 6.07) is -1.21. The second kappa shape index (κ2) is 3.03. The van der Waals surface area contributed by atoms with Gasteiger partial charge in [0.25, 0.3) is 0 Å². The Morgan fingerprint density at radius 2 is 1.89 bits per heavy atom. The molecule has 0 saturated carbocycles. The molecule has 3 N–H and O–H groups in total. The number of hydrogen-bond acceptors (Lipinski definition) is 4. The predicted octanol–water partition coefficient (Wildman–Crippen LogP) is -4.51. The van der Waals surface area contributed by atoms with Gasteiger partial charge in [-0.1, -0.05) is 0 Å². The first kappa shape index (κ1) is 7.90. The Morgan fingerprint density at radius 3 is 2.00 bits per heavy atom. The highest BCUT2D eigenvalue weighted by molar-refractivity contribution is 5.76. The summed E-state index contributed by atoms with van der Waals surface area (Å²) < 4.78 is 0. The number of carboxylic acid groups (broad SMARTS) is 2. The van der Waals surface area contributed by atoms with Crippen molar-refractivity contribution in [3.8, 4) is 0 Å².